The lowest BCUT2D eigenvalue weighted by Crippen LogP contribution is -2.53. The molecule has 0 bridgehead atoms. The first kappa shape index (κ1) is 22.2. The molecular weight excluding hydrogens is 390 g/mol. The molecule has 3 aromatic rings. The normalized spacial score (nSPS) is 13.0. The smallest absolute Gasteiger partial charge is 0.243 e. The molecule has 1 unspecified atom stereocenters. The van der Waals surface area contributed by atoms with E-state index >= 15 is 0 Å². The number of rotatable bonds is 8. The molecule has 2 amide bonds. The third kappa shape index (κ3) is 5.79. The Morgan fingerprint density at radius 3 is 2.45 bits per heavy atom. The van der Waals surface area contributed by atoms with Crippen molar-refractivity contribution in [3.8, 4) is 0 Å². The number of anilines is 1. The van der Waals surface area contributed by atoms with Crippen molar-refractivity contribution in [2.45, 2.75) is 38.9 Å². The van der Waals surface area contributed by atoms with Crippen molar-refractivity contribution in [2.75, 3.05) is 5.73 Å². The van der Waals surface area contributed by atoms with Gasteiger partial charge in [0.05, 0.1) is 6.04 Å². The zero-order chi connectivity index (χ0) is 22.4. The number of carbonyl (C=O) groups excluding carboxylic acids is 2. The number of hydrogen-bond donors (Lipinski definition) is 4. The molecule has 0 radical (unpaired) electrons. The Bertz CT molecular complexity index is 1040. The predicted molar refractivity (Wildman–Crippen MR) is 123 cm³/mol. The summed E-state index contributed by atoms with van der Waals surface area (Å²) in [5, 5.41) is 7.86. The first-order valence-electron chi connectivity index (χ1n) is 10.4. The molecule has 0 aliphatic heterocycles. The summed E-state index contributed by atoms with van der Waals surface area (Å²) >= 11 is 0. The molecule has 2 atom stereocenters. The van der Waals surface area contributed by atoms with Gasteiger partial charge < -0.3 is 22.1 Å². The lowest BCUT2D eigenvalue weighted by atomic mass is 9.97. The molecule has 7 nitrogen and oxygen atoms in total. The van der Waals surface area contributed by atoms with Gasteiger partial charge in [-0.25, -0.2) is 4.98 Å². The Balaban J connectivity index is 1.80. The highest BCUT2D eigenvalue weighted by Gasteiger charge is 2.26. The largest absolute Gasteiger partial charge is 0.384 e. The SMILES string of the molecule is CC(C)C(N)C(=O)N[C@@H](Cc1cccc2ccccc12)C(=O)NCc1ccc(N)nc1. The van der Waals surface area contributed by atoms with Gasteiger partial charge in [-0.2, -0.15) is 0 Å². The molecule has 0 fully saturated rings. The maximum atomic E-state index is 13.0. The molecule has 0 aliphatic carbocycles. The summed E-state index contributed by atoms with van der Waals surface area (Å²) in [5.74, 6) is -0.250. The average Bonchev–Trinajstić information content (AvgIpc) is 2.77. The summed E-state index contributed by atoms with van der Waals surface area (Å²) in [5.41, 5.74) is 13.4. The molecule has 0 aliphatic rings. The van der Waals surface area contributed by atoms with Crippen LogP contribution in [0.5, 0.6) is 0 Å². The fraction of sp³-hybridized carbons (Fsp3) is 0.292. The van der Waals surface area contributed by atoms with Gasteiger partial charge in [0.2, 0.25) is 11.8 Å². The van der Waals surface area contributed by atoms with Crippen molar-refractivity contribution in [2.24, 2.45) is 11.7 Å². The average molecular weight is 420 g/mol. The molecule has 7 heteroatoms. The van der Waals surface area contributed by atoms with Crippen LogP contribution in [-0.4, -0.2) is 28.9 Å². The van der Waals surface area contributed by atoms with Gasteiger partial charge in [0.25, 0.3) is 0 Å². The lowest BCUT2D eigenvalue weighted by molar-refractivity contribution is -0.130. The van der Waals surface area contributed by atoms with Gasteiger partial charge in [-0.05, 0) is 33.9 Å². The maximum absolute atomic E-state index is 13.0. The highest BCUT2D eigenvalue weighted by Crippen LogP contribution is 2.20. The van der Waals surface area contributed by atoms with Crippen LogP contribution in [0.4, 0.5) is 5.82 Å². The van der Waals surface area contributed by atoms with Crippen molar-refractivity contribution < 1.29 is 9.59 Å². The number of aromatic nitrogens is 1. The van der Waals surface area contributed by atoms with Crippen molar-refractivity contribution in [3.05, 3.63) is 71.9 Å². The van der Waals surface area contributed by atoms with Crippen molar-refractivity contribution >= 4 is 28.4 Å². The molecule has 1 heterocycles. The summed E-state index contributed by atoms with van der Waals surface area (Å²) in [7, 11) is 0. The molecule has 0 spiro atoms. The van der Waals surface area contributed by atoms with Crippen LogP contribution in [0, 0.1) is 5.92 Å². The van der Waals surface area contributed by atoms with Crippen LogP contribution in [-0.2, 0) is 22.6 Å². The van der Waals surface area contributed by atoms with Crippen LogP contribution in [0.15, 0.2) is 60.8 Å². The quantitative estimate of drug-likeness (QED) is 0.445. The number of benzene rings is 2. The van der Waals surface area contributed by atoms with Crippen LogP contribution in [0.1, 0.15) is 25.0 Å². The number of nitrogens with two attached hydrogens (primary N) is 2. The lowest BCUT2D eigenvalue weighted by Gasteiger charge is -2.23. The standard InChI is InChI=1S/C24H29N5O2/c1-15(2)22(26)24(31)29-20(23(30)28-14-16-10-11-21(25)27-13-16)12-18-8-5-7-17-6-3-4-9-19(17)18/h3-11,13,15,20,22H,12,14,26H2,1-2H3,(H2,25,27)(H,28,30)(H,29,31)/t20-,22?/m0/s1. The van der Waals surface area contributed by atoms with Gasteiger partial charge in [0.1, 0.15) is 11.9 Å². The van der Waals surface area contributed by atoms with Crippen LogP contribution in [0.2, 0.25) is 0 Å². The Hall–Kier alpha value is -3.45. The zero-order valence-electron chi connectivity index (χ0n) is 17.8. The van der Waals surface area contributed by atoms with E-state index in [0.717, 1.165) is 21.9 Å². The molecule has 2 aromatic carbocycles. The first-order chi connectivity index (χ1) is 14.8. The Kier molecular flexibility index (Phi) is 7.20. The number of carbonyl (C=O) groups is 2. The highest BCUT2D eigenvalue weighted by atomic mass is 16.2. The van der Waals surface area contributed by atoms with Gasteiger partial charge in [0, 0.05) is 19.2 Å². The van der Waals surface area contributed by atoms with Gasteiger partial charge >= 0.3 is 0 Å². The topological polar surface area (TPSA) is 123 Å². The molecule has 3 rings (SSSR count). The van der Waals surface area contributed by atoms with Crippen molar-refractivity contribution in [1.29, 1.82) is 0 Å². The Morgan fingerprint density at radius 2 is 1.74 bits per heavy atom. The van der Waals surface area contributed by atoms with E-state index in [9.17, 15) is 9.59 Å². The predicted octanol–water partition coefficient (Wildman–Crippen LogP) is 2.14. The minimum absolute atomic E-state index is 0.0397. The number of fused-ring (bicyclic) bond motifs is 1. The Labute approximate surface area is 182 Å². The minimum Gasteiger partial charge on any atom is -0.384 e. The first-order valence-corrected chi connectivity index (χ1v) is 10.4. The zero-order valence-corrected chi connectivity index (χ0v) is 17.8. The van der Waals surface area contributed by atoms with E-state index in [-0.39, 0.29) is 24.3 Å². The van der Waals surface area contributed by atoms with Crippen LogP contribution < -0.4 is 22.1 Å². The number of nitrogens with one attached hydrogen (secondary N) is 2. The molecule has 0 saturated heterocycles. The summed E-state index contributed by atoms with van der Waals surface area (Å²) < 4.78 is 0. The van der Waals surface area contributed by atoms with E-state index in [2.05, 4.69) is 15.6 Å². The second kappa shape index (κ2) is 10.0. The van der Waals surface area contributed by atoms with E-state index in [4.69, 9.17) is 11.5 Å². The van der Waals surface area contributed by atoms with Gasteiger partial charge in [-0.1, -0.05) is 62.4 Å². The van der Waals surface area contributed by atoms with Gasteiger partial charge in [0.15, 0.2) is 0 Å². The second-order valence-electron chi connectivity index (χ2n) is 7.98. The fourth-order valence-electron chi connectivity index (χ4n) is 3.32. The molecule has 6 N–H and O–H groups in total. The van der Waals surface area contributed by atoms with E-state index < -0.39 is 12.1 Å². The number of hydrogen-bond acceptors (Lipinski definition) is 5. The fourth-order valence-corrected chi connectivity index (χ4v) is 3.32. The third-order valence-electron chi connectivity index (χ3n) is 5.27. The number of amides is 2. The van der Waals surface area contributed by atoms with Gasteiger partial charge in [-0.15, -0.1) is 0 Å². The minimum atomic E-state index is -0.759. The molecular formula is C24H29N5O2. The van der Waals surface area contributed by atoms with Crippen molar-refractivity contribution in [3.63, 3.8) is 0 Å². The summed E-state index contributed by atoms with van der Waals surface area (Å²) in [6.07, 6.45) is 1.96. The molecule has 1 aromatic heterocycles. The summed E-state index contributed by atoms with van der Waals surface area (Å²) in [4.78, 5) is 29.7. The second-order valence-corrected chi connectivity index (χ2v) is 7.98. The summed E-state index contributed by atoms with van der Waals surface area (Å²) in [6, 6.07) is 16.0. The number of nitrogens with zero attached hydrogens (tertiary/aromatic N) is 1. The molecule has 162 valence electrons. The highest BCUT2D eigenvalue weighted by molar-refractivity contribution is 5.91. The molecule has 31 heavy (non-hydrogen) atoms. The summed E-state index contributed by atoms with van der Waals surface area (Å²) in [6.45, 7) is 4.03. The maximum Gasteiger partial charge on any atom is 0.243 e. The van der Waals surface area contributed by atoms with E-state index in [1.54, 1.807) is 18.3 Å². The van der Waals surface area contributed by atoms with Crippen molar-refractivity contribution in [1.82, 2.24) is 15.6 Å². The van der Waals surface area contributed by atoms with Gasteiger partial charge in [-0.3, -0.25) is 9.59 Å². The monoisotopic (exact) mass is 419 g/mol. The van der Waals surface area contributed by atoms with E-state index in [1.807, 2.05) is 56.3 Å². The van der Waals surface area contributed by atoms with Crippen LogP contribution >= 0.6 is 0 Å². The van der Waals surface area contributed by atoms with Crippen LogP contribution in [0.25, 0.3) is 10.8 Å². The van der Waals surface area contributed by atoms with Crippen LogP contribution in [0.3, 0.4) is 0 Å². The molecule has 0 saturated carbocycles. The Morgan fingerprint density at radius 1 is 1.00 bits per heavy atom. The number of nitrogen functional groups attached to an aromatic ring is 1. The van der Waals surface area contributed by atoms with E-state index in [0.29, 0.717) is 12.2 Å². The van der Waals surface area contributed by atoms with E-state index in [1.165, 1.54) is 0 Å². The third-order valence-corrected chi connectivity index (χ3v) is 5.27. The number of pyridine rings is 1.